The van der Waals surface area contributed by atoms with Crippen LogP contribution in [0.4, 0.5) is 5.69 Å². The minimum absolute atomic E-state index is 0.186. The maximum atomic E-state index is 12.5. The van der Waals surface area contributed by atoms with Gasteiger partial charge in [-0.3, -0.25) is 4.79 Å². The topological polar surface area (TPSA) is 91.0 Å². The van der Waals surface area contributed by atoms with Crippen LogP contribution in [0.5, 0.6) is 0 Å². The summed E-state index contributed by atoms with van der Waals surface area (Å²) in [5.41, 5.74) is 8.34. The summed E-state index contributed by atoms with van der Waals surface area (Å²) in [6.45, 7) is 0. The van der Waals surface area contributed by atoms with Crippen LogP contribution in [0.3, 0.4) is 0 Å². The van der Waals surface area contributed by atoms with Gasteiger partial charge in [0, 0.05) is 28.7 Å². The second kappa shape index (κ2) is 8.29. The highest BCUT2D eigenvalue weighted by Gasteiger charge is 2.19. The van der Waals surface area contributed by atoms with Gasteiger partial charge in [0.2, 0.25) is 5.91 Å². The number of hydrogen-bond donors (Lipinski definition) is 4. The van der Waals surface area contributed by atoms with Crippen LogP contribution in [0.2, 0.25) is 5.02 Å². The van der Waals surface area contributed by atoms with E-state index in [4.69, 9.17) is 22.7 Å². The van der Waals surface area contributed by atoms with Gasteiger partial charge in [0.1, 0.15) is 6.04 Å². The number of nitrogens with two attached hydrogens (primary N) is 1. The zero-order valence-electron chi connectivity index (χ0n) is 13.2. The van der Waals surface area contributed by atoms with Gasteiger partial charge < -0.3 is 21.8 Å². The van der Waals surface area contributed by atoms with Gasteiger partial charge in [-0.15, -0.1) is 0 Å². The van der Waals surface area contributed by atoms with E-state index in [9.17, 15) is 4.79 Å². The summed E-state index contributed by atoms with van der Waals surface area (Å²) < 4.78 is 0. The predicted molar refractivity (Wildman–Crippen MR) is 99.3 cm³/mol. The lowest BCUT2D eigenvalue weighted by atomic mass is 10.1. The van der Waals surface area contributed by atoms with Gasteiger partial charge in [-0.25, -0.2) is 0 Å². The van der Waals surface area contributed by atoms with E-state index in [1.165, 1.54) is 12.4 Å². The predicted octanol–water partition coefficient (Wildman–Crippen LogP) is 3.19. The molecule has 1 amide bonds. The highest BCUT2D eigenvalue weighted by Crippen LogP contribution is 2.20. The summed E-state index contributed by atoms with van der Waals surface area (Å²) in [4.78, 5) is 12.5. The van der Waals surface area contributed by atoms with Crippen molar-refractivity contribution in [3.8, 4) is 0 Å². The summed E-state index contributed by atoms with van der Waals surface area (Å²) in [6.07, 6.45) is 2.56. The molecule has 0 aliphatic heterocycles. The Bertz CT molecular complexity index is 756. The summed E-state index contributed by atoms with van der Waals surface area (Å²) >= 11 is 5.99. The van der Waals surface area contributed by atoms with Crippen LogP contribution >= 0.6 is 11.6 Å². The van der Waals surface area contributed by atoms with Crippen molar-refractivity contribution >= 4 is 35.0 Å². The number of carbonyl (C=O) groups is 1. The molecule has 24 heavy (non-hydrogen) atoms. The van der Waals surface area contributed by atoms with Crippen molar-refractivity contribution in [2.45, 2.75) is 6.04 Å². The molecule has 1 unspecified atom stereocenters. The number of anilines is 1. The quantitative estimate of drug-likeness (QED) is 0.607. The second-order valence-electron chi connectivity index (χ2n) is 5.11. The van der Waals surface area contributed by atoms with Crippen LogP contribution in [0, 0.1) is 5.41 Å². The Labute approximate surface area is 146 Å². The summed E-state index contributed by atoms with van der Waals surface area (Å²) in [5, 5.41) is 13.7. The highest BCUT2D eigenvalue weighted by molar-refractivity contribution is 6.30. The van der Waals surface area contributed by atoms with Crippen molar-refractivity contribution in [3.05, 3.63) is 70.9 Å². The molecule has 124 valence electrons. The van der Waals surface area contributed by atoms with Crippen molar-refractivity contribution in [2.75, 3.05) is 12.4 Å². The third-order valence-corrected chi connectivity index (χ3v) is 3.79. The Morgan fingerprint density at radius 3 is 2.50 bits per heavy atom. The van der Waals surface area contributed by atoms with E-state index in [2.05, 4.69) is 10.6 Å². The van der Waals surface area contributed by atoms with Crippen LogP contribution in [-0.2, 0) is 4.79 Å². The fourth-order valence-electron chi connectivity index (χ4n) is 2.32. The van der Waals surface area contributed by atoms with Gasteiger partial charge in [0.25, 0.3) is 0 Å². The first-order valence-electron chi connectivity index (χ1n) is 7.35. The Balaban J connectivity index is 2.14. The molecule has 0 spiro atoms. The van der Waals surface area contributed by atoms with Crippen molar-refractivity contribution in [1.82, 2.24) is 5.32 Å². The number of carbonyl (C=O) groups excluding carboxylic acids is 1. The molecule has 6 heteroatoms. The van der Waals surface area contributed by atoms with Crippen LogP contribution in [0.25, 0.3) is 5.57 Å². The molecule has 0 radical (unpaired) electrons. The lowest BCUT2D eigenvalue weighted by Crippen LogP contribution is -2.30. The first kappa shape index (κ1) is 17.7. The Morgan fingerprint density at radius 2 is 1.96 bits per heavy atom. The molecule has 5 nitrogen and oxygen atoms in total. The SMILES string of the molecule is CNC(C(=O)Nc1ccc(/C(C=N)=C/N)cc1)c1cccc(Cl)c1. The molecule has 0 bridgehead atoms. The van der Waals surface area contributed by atoms with E-state index in [0.717, 1.165) is 11.1 Å². The van der Waals surface area contributed by atoms with E-state index in [1.54, 1.807) is 43.4 Å². The maximum absolute atomic E-state index is 12.5. The largest absolute Gasteiger partial charge is 0.404 e. The Kier molecular flexibility index (Phi) is 6.12. The molecule has 2 rings (SSSR count). The van der Waals surface area contributed by atoms with Crippen molar-refractivity contribution in [3.63, 3.8) is 0 Å². The van der Waals surface area contributed by atoms with E-state index < -0.39 is 6.04 Å². The molecule has 5 N–H and O–H groups in total. The molecule has 2 aromatic carbocycles. The third-order valence-electron chi connectivity index (χ3n) is 3.55. The molecule has 0 saturated heterocycles. The van der Waals surface area contributed by atoms with Gasteiger partial charge >= 0.3 is 0 Å². The fourth-order valence-corrected chi connectivity index (χ4v) is 2.52. The van der Waals surface area contributed by atoms with Crippen molar-refractivity contribution in [1.29, 1.82) is 5.41 Å². The first-order chi connectivity index (χ1) is 11.6. The monoisotopic (exact) mass is 342 g/mol. The van der Waals surface area contributed by atoms with E-state index >= 15 is 0 Å². The highest BCUT2D eigenvalue weighted by atomic mass is 35.5. The van der Waals surface area contributed by atoms with Gasteiger partial charge in [0.05, 0.1) is 0 Å². The number of likely N-dealkylation sites (N-methyl/N-ethyl adjacent to an activating group) is 1. The van der Waals surface area contributed by atoms with E-state index in [1.807, 2.05) is 12.1 Å². The van der Waals surface area contributed by atoms with Crippen LogP contribution in [0.1, 0.15) is 17.2 Å². The molecule has 0 aromatic heterocycles. The first-order valence-corrected chi connectivity index (χ1v) is 7.73. The van der Waals surface area contributed by atoms with Gasteiger partial charge in [0.15, 0.2) is 0 Å². The lowest BCUT2D eigenvalue weighted by molar-refractivity contribution is -0.118. The molecule has 0 saturated carbocycles. The average Bonchev–Trinajstić information content (AvgIpc) is 2.58. The normalized spacial score (nSPS) is 12.5. The molecular formula is C18H19ClN4O. The summed E-state index contributed by atoms with van der Waals surface area (Å²) in [7, 11) is 1.72. The zero-order chi connectivity index (χ0) is 17.5. The van der Waals surface area contributed by atoms with Gasteiger partial charge in [-0.2, -0.15) is 0 Å². The Morgan fingerprint density at radius 1 is 1.25 bits per heavy atom. The fraction of sp³-hybridized carbons (Fsp3) is 0.111. The molecule has 2 aromatic rings. The van der Waals surface area contributed by atoms with E-state index in [-0.39, 0.29) is 5.91 Å². The number of allylic oxidation sites excluding steroid dienone is 1. The molecular weight excluding hydrogens is 324 g/mol. The number of nitrogens with one attached hydrogen (secondary N) is 3. The number of hydrogen-bond acceptors (Lipinski definition) is 4. The van der Waals surface area contributed by atoms with Crippen LogP contribution in [-0.4, -0.2) is 19.2 Å². The maximum Gasteiger partial charge on any atom is 0.246 e. The lowest BCUT2D eigenvalue weighted by Gasteiger charge is -2.17. The average molecular weight is 343 g/mol. The molecule has 0 heterocycles. The minimum atomic E-state index is -0.510. The van der Waals surface area contributed by atoms with Crippen LogP contribution < -0.4 is 16.4 Å². The van der Waals surface area contributed by atoms with Crippen molar-refractivity contribution < 1.29 is 4.79 Å². The number of halogens is 1. The summed E-state index contributed by atoms with van der Waals surface area (Å²) in [6, 6.07) is 13.8. The number of rotatable bonds is 6. The van der Waals surface area contributed by atoms with Gasteiger partial charge in [-0.1, -0.05) is 35.9 Å². The van der Waals surface area contributed by atoms with Crippen LogP contribution in [0.15, 0.2) is 54.7 Å². The molecule has 0 fully saturated rings. The van der Waals surface area contributed by atoms with Crippen molar-refractivity contribution in [2.24, 2.45) is 5.73 Å². The zero-order valence-corrected chi connectivity index (χ0v) is 14.0. The molecule has 1 atom stereocenters. The Hall–Kier alpha value is -2.63. The molecule has 0 aliphatic carbocycles. The minimum Gasteiger partial charge on any atom is -0.404 e. The standard InChI is InChI=1S/C18H19ClN4O/c1-22-17(13-3-2-4-15(19)9-13)18(24)23-16-7-5-12(6-8-16)14(10-20)11-21/h2-11,17,20,22H,21H2,1H3,(H,23,24)/b14-11+,20-10?. The second-order valence-corrected chi connectivity index (χ2v) is 5.55. The third kappa shape index (κ3) is 4.22. The number of amides is 1. The van der Waals surface area contributed by atoms with E-state index in [0.29, 0.717) is 16.3 Å². The summed E-state index contributed by atoms with van der Waals surface area (Å²) in [5.74, 6) is -0.186. The number of benzene rings is 2. The molecule has 0 aliphatic rings. The van der Waals surface area contributed by atoms with Gasteiger partial charge in [-0.05, 0) is 42.4 Å². The smallest absolute Gasteiger partial charge is 0.246 e.